The molecular weight excluding hydrogens is 302 g/mol. The molecule has 6 heteroatoms. The van der Waals surface area contributed by atoms with E-state index >= 15 is 0 Å². The molecule has 0 aliphatic carbocycles. The van der Waals surface area contributed by atoms with E-state index in [0.717, 1.165) is 0 Å². The summed E-state index contributed by atoms with van der Waals surface area (Å²) in [5.74, 6) is -1.37. The highest BCUT2D eigenvalue weighted by Gasteiger charge is 2.12. The number of aliphatic hydroxyl groups is 1. The molecule has 0 saturated heterocycles. The van der Waals surface area contributed by atoms with E-state index in [-0.39, 0.29) is 24.0 Å². The van der Waals surface area contributed by atoms with E-state index < -0.39 is 5.97 Å². The summed E-state index contributed by atoms with van der Waals surface area (Å²) in [5.41, 5.74) is 0.479. The Morgan fingerprint density at radius 2 is 2.11 bits per heavy atom. The van der Waals surface area contributed by atoms with E-state index in [1.807, 2.05) is 6.92 Å². The van der Waals surface area contributed by atoms with Gasteiger partial charge in [-0.05, 0) is 40.0 Å². The largest absolute Gasteiger partial charge is 0.478 e. The summed E-state index contributed by atoms with van der Waals surface area (Å²) in [6.07, 6.45) is 0. The van der Waals surface area contributed by atoms with Crippen molar-refractivity contribution >= 4 is 27.8 Å². The number of carbonyl (C=O) groups is 2. The summed E-state index contributed by atoms with van der Waals surface area (Å²) in [4.78, 5) is 22.5. The lowest BCUT2D eigenvalue weighted by Gasteiger charge is -2.10. The molecular formula is C12H14BrNO4. The molecule has 1 atom stereocenters. The predicted molar refractivity (Wildman–Crippen MR) is 69.7 cm³/mol. The zero-order valence-electron chi connectivity index (χ0n) is 9.81. The Morgan fingerprint density at radius 1 is 1.44 bits per heavy atom. The van der Waals surface area contributed by atoms with Gasteiger partial charge in [0.05, 0.1) is 5.56 Å². The molecule has 1 amide bonds. The first-order valence-corrected chi connectivity index (χ1v) is 6.17. The van der Waals surface area contributed by atoms with Crippen LogP contribution in [0.15, 0.2) is 22.7 Å². The molecule has 1 aromatic rings. The Bertz CT molecular complexity index is 461. The van der Waals surface area contributed by atoms with Crippen LogP contribution in [-0.2, 0) is 0 Å². The smallest absolute Gasteiger partial charge is 0.336 e. The first-order valence-electron chi connectivity index (χ1n) is 5.37. The van der Waals surface area contributed by atoms with Crippen molar-refractivity contribution in [3.63, 3.8) is 0 Å². The minimum Gasteiger partial charge on any atom is -0.478 e. The van der Waals surface area contributed by atoms with Crippen LogP contribution in [0.3, 0.4) is 0 Å². The zero-order valence-corrected chi connectivity index (χ0v) is 11.4. The van der Waals surface area contributed by atoms with Crippen LogP contribution in [0.4, 0.5) is 0 Å². The molecule has 5 nitrogen and oxygen atoms in total. The van der Waals surface area contributed by atoms with Crippen molar-refractivity contribution in [2.24, 2.45) is 5.92 Å². The number of rotatable bonds is 5. The molecule has 3 N–H and O–H groups in total. The van der Waals surface area contributed by atoms with E-state index in [0.29, 0.717) is 16.6 Å². The molecule has 0 fully saturated rings. The highest BCUT2D eigenvalue weighted by atomic mass is 79.9. The third kappa shape index (κ3) is 3.82. The van der Waals surface area contributed by atoms with Gasteiger partial charge in [-0.2, -0.15) is 0 Å². The summed E-state index contributed by atoms with van der Waals surface area (Å²) in [7, 11) is 0. The van der Waals surface area contributed by atoms with Crippen LogP contribution in [0.1, 0.15) is 27.6 Å². The number of carboxylic acid groups (broad SMARTS) is 1. The molecule has 0 bridgehead atoms. The lowest BCUT2D eigenvalue weighted by molar-refractivity contribution is 0.0695. The molecule has 1 aromatic carbocycles. The molecule has 0 spiro atoms. The summed E-state index contributed by atoms with van der Waals surface area (Å²) in [5, 5.41) is 20.3. The lowest BCUT2D eigenvalue weighted by atomic mass is 10.1. The van der Waals surface area contributed by atoms with Crippen LogP contribution in [0.25, 0.3) is 0 Å². The number of hydrogen-bond donors (Lipinski definition) is 3. The van der Waals surface area contributed by atoms with Gasteiger partial charge in [0.25, 0.3) is 5.91 Å². The third-order valence-electron chi connectivity index (χ3n) is 2.38. The fourth-order valence-corrected chi connectivity index (χ4v) is 1.81. The second-order valence-electron chi connectivity index (χ2n) is 4.00. The molecule has 0 radical (unpaired) electrons. The molecule has 18 heavy (non-hydrogen) atoms. The monoisotopic (exact) mass is 315 g/mol. The third-order valence-corrected chi connectivity index (χ3v) is 3.04. The lowest BCUT2D eigenvalue weighted by Crippen LogP contribution is -2.29. The van der Waals surface area contributed by atoms with Gasteiger partial charge in [0.1, 0.15) is 0 Å². The SMILES string of the molecule is C[C@H](CO)CNC(=O)c1ccc(C(=O)O)c(Br)c1. The highest BCUT2D eigenvalue weighted by molar-refractivity contribution is 9.10. The van der Waals surface area contributed by atoms with Crippen LogP contribution in [0.2, 0.25) is 0 Å². The Morgan fingerprint density at radius 3 is 2.61 bits per heavy atom. The van der Waals surface area contributed by atoms with Crippen LogP contribution in [0.5, 0.6) is 0 Å². The van der Waals surface area contributed by atoms with Crippen molar-refractivity contribution < 1.29 is 19.8 Å². The Hall–Kier alpha value is -1.40. The number of aliphatic hydroxyl groups excluding tert-OH is 1. The minimum absolute atomic E-state index is 0.00191. The van der Waals surface area contributed by atoms with Crippen LogP contribution in [0, 0.1) is 5.92 Å². The minimum atomic E-state index is -1.05. The van der Waals surface area contributed by atoms with Crippen molar-refractivity contribution in [3.8, 4) is 0 Å². The number of amides is 1. The van der Waals surface area contributed by atoms with Gasteiger partial charge in [-0.25, -0.2) is 4.79 Å². The fourth-order valence-electron chi connectivity index (χ4n) is 1.26. The Balaban J connectivity index is 2.76. The van der Waals surface area contributed by atoms with E-state index in [2.05, 4.69) is 21.2 Å². The quantitative estimate of drug-likeness (QED) is 0.768. The van der Waals surface area contributed by atoms with Crippen LogP contribution >= 0.6 is 15.9 Å². The number of nitrogens with one attached hydrogen (secondary N) is 1. The average Bonchev–Trinajstić information content (AvgIpc) is 2.34. The fraction of sp³-hybridized carbons (Fsp3) is 0.333. The molecule has 0 saturated carbocycles. The molecule has 0 heterocycles. The van der Waals surface area contributed by atoms with Crippen molar-refractivity contribution in [1.82, 2.24) is 5.32 Å². The molecule has 0 aliphatic rings. The number of benzene rings is 1. The standard InChI is InChI=1S/C12H14BrNO4/c1-7(6-15)5-14-11(16)8-2-3-9(12(17)18)10(13)4-8/h2-4,7,15H,5-6H2,1H3,(H,14,16)(H,17,18)/t7-/m0/s1. The molecule has 98 valence electrons. The van der Waals surface area contributed by atoms with E-state index in [1.54, 1.807) is 0 Å². The Kier molecular flexibility index (Phi) is 5.30. The second kappa shape index (κ2) is 6.51. The number of carbonyl (C=O) groups excluding carboxylic acids is 1. The molecule has 0 aromatic heterocycles. The Labute approximate surface area is 113 Å². The maximum absolute atomic E-state index is 11.7. The van der Waals surface area contributed by atoms with E-state index in [4.69, 9.17) is 10.2 Å². The van der Waals surface area contributed by atoms with Gasteiger partial charge in [0, 0.05) is 23.2 Å². The van der Waals surface area contributed by atoms with Crippen molar-refractivity contribution in [3.05, 3.63) is 33.8 Å². The zero-order chi connectivity index (χ0) is 13.7. The van der Waals surface area contributed by atoms with Crippen LogP contribution < -0.4 is 5.32 Å². The summed E-state index contributed by atoms with van der Waals surface area (Å²) in [6, 6.07) is 4.28. The van der Waals surface area contributed by atoms with Gasteiger partial charge in [0.15, 0.2) is 0 Å². The second-order valence-corrected chi connectivity index (χ2v) is 4.85. The van der Waals surface area contributed by atoms with Crippen molar-refractivity contribution in [2.45, 2.75) is 6.92 Å². The van der Waals surface area contributed by atoms with Gasteiger partial charge >= 0.3 is 5.97 Å². The van der Waals surface area contributed by atoms with Gasteiger partial charge in [0.2, 0.25) is 0 Å². The van der Waals surface area contributed by atoms with Gasteiger partial charge in [-0.15, -0.1) is 0 Å². The van der Waals surface area contributed by atoms with Gasteiger partial charge in [-0.1, -0.05) is 6.92 Å². The summed E-state index contributed by atoms with van der Waals surface area (Å²) in [6.45, 7) is 2.18. The van der Waals surface area contributed by atoms with Crippen LogP contribution in [-0.4, -0.2) is 35.2 Å². The predicted octanol–water partition coefficient (Wildman–Crippen LogP) is 1.51. The van der Waals surface area contributed by atoms with Gasteiger partial charge in [-0.3, -0.25) is 4.79 Å². The van der Waals surface area contributed by atoms with Crippen molar-refractivity contribution in [2.75, 3.05) is 13.2 Å². The molecule has 0 aliphatic heterocycles. The maximum atomic E-state index is 11.7. The van der Waals surface area contributed by atoms with Gasteiger partial charge < -0.3 is 15.5 Å². The molecule has 0 unspecified atom stereocenters. The number of aromatic carboxylic acids is 1. The van der Waals surface area contributed by atoms with Crippen molar-refractivity contribution in [1.29, 1.82) is 0 Å². The summed E-state index contributed by atoms with van der Waals surface area (Å²) < 4.78 is 0.359. The first kappa shape index (κ1) is 14.7. The topological polar surface area (TPSA) is 86.6 Å². The highest BCUT2D eigenvalue weighted by Crippen LogP contribution is 2.18. The number of hydrogen-bond acceptors (Lipinski definition) is 3. The first-order chi connectivity index (χ1) is 8.45. The summed E-state index contributed by atoms with van der Waals surface area (Å²) >= 11 is 3.11. The van der Waals surface area contributed by atoms with E-state index in [9.17, 15) is 9.59 Å². The molecule has 1 rings (SSSR count). The van der Waals surface area contributed by atoms with E-state index in [1.165, 1.54) is 18.2 Å². The average molecular weight is 316 g/mol. The number of halogens is 1. The number of carboxylic acids is 1. The normalized spacial score (nSPS) is 11.9. The maximum Gasteiger partial charge on any atom is 0.336 e.